The molecule has 1 aliphatic carbocycles. The summed E-state index contributed by atoms with van der Waals surface area (Å²) in [6, 6.07) is 7.62. The molecule has 0 aromatic heterocycles. The van der Waals surface area contributed by atoms with Crippen LogP contribution in [0.2, 0.25) is 0 Å². The Morgan fingerprint density at radius 3 is 2.29 bits per heavy atom. The molecule has 5 heteroatoms. The van der Waals surface area contributed by atoms with Crippen LogP contribution in [0.4, 0.5) is 0 Å². The molecule has 4 nitrogen and oxygen atoms in total. The average molecular weight is 252 g/mol. The molecule has 0 aliphatic heterocycles. The second-order valence-electron chi connectivity index (χ2n) is 4.40. The Labute approximate surface area is 99.7 Å². The van der Waals surface area contributed by atoms with Crippen LogP contribution >= 0.6 is 7.37 Å². The number of rotatable bonds is 4. The third-order valence-electron chi connectivity index (χ3n) is 3.21. The molecule has 2 rings (SSSR count). The molecule has 0 fully saturated rings. The Morgan fingerprint density at radius 1 is 1.29 bits per heavy atom. The summed E-state index contributed by atoms with van der Waals surface area (Å²) in [6.45, 7) is 0. The zero-order valence-corrected chi connectivity index (χ0v) is 10.2. The van der Waals surface area contributed by atoms with Gasteiger partial charge in [-0.2, -0.15) is 0 Å². The molecule has 0 N–H and O–H groups in total. The Morgan fingerprint density at radius 2 is 1.82 bits per heavy atom. The van der Waals surface area contributed by atoms with Crippen molar-refractivity contribution in [3.63, 3.8) is 0 Å². The van der Waals surface area contributed by atoms with Crippen LogP contribution in [0.3, 0.4) is 0 Å². The minimum atomic E-state index is -3.65. The lowest BCUT2D eigenvalue weighted by Crippen LogP contribution is -2.27. The summed E-state index contributed by atoms with van der Waals surface area (Å²) in [5, 5.41) is 10.3. The van der Waals surface area contributed by atoms with E-state index >= 15 is 0 Å². The molecule has 0 heterocycles. The lowest BCUT2D eigenvalue weighted by molar-refractivity contribution is -0.305. The van der Waals surface area contributed by atoms with E-state index < -0.39 is 25.4 Å². The van der Waals surface area contributed by atoms with E-state index in [-0.39, 0.29) is 6.16 Å². The van der Waals surface area contributed by atoms with E-state index in [9.17, 15) is 19.4 Å². The quantitative estimate of drug-likeness (QED) is 0.702. The fraction of sp³-hybridized carbons (Fsp3) is 0.417. The van der Waals surface area contributed by atoms with Crippen molar-refractivity contribution in [2.24, 2.45) is 0 Å². The number of hydrogen-bond donors (Lipinski definition) is 0. The van der Waals surface area contributed by atoms with Crippen LogP contribution in [0.1, 0.15) is 17.5 Å². The summed E-state index contributed by atoms with van der Waals surface area (Å²) in [7, 11) is -3.65. The standard InChI is InChI=1S/C12H15O4P/c13-12(14)5-6-17(15,16)11-7-9-3-1-2-4-10(9)8-11/h1-4,11H,5-8H2,(H,13,14)(H,15,16)/p-2. The number of aliphatic carboxylic acids is 1. The largest absolute Gasteiger partial charge is 0.799 e. The van der Waals surface area contributed by atoms with E-state index in [1.54, 1.807) is 0 Å². The van der Waals surface area contributed by atoms with E-state index in [4.69, 9.17) is 0 Å². The Bertz CT molecular complexity index is 458. The van der Waals surface area contributed by atoms with Gasteiger partial charge in [-0.15, -0.1) is 0 Å². The lowest BCUT2D eigenvalue weighted by atomic mass is 10.1. The second kappa shape index (κ2) is 4.63. The number of carboxylic acids is 1. The molecule has 0 spiro atoms. The van der Waals surface area contributed by atoms with Crippen molar-refractivity contribution in [3.8, 4) is 0 Å². The predicted octanol–water partition coefficient (Wildman–Crippen LogP) is -0.0678. The third kappa shape index (κ3) is 2.76. The molecule has 1 aromatic rings. The lowest BCUT2D eigenvalue weighted by Gasteiger charge is -2.30. The van der Waals surface area contributed by atoms with Crippen LogP contribution in [0.25, 0.3) is 0 Å². The maximum Gasteiger partial charge on any atom is 0.0418 e. The summed E-state index contributed by atoms with van der Waals surface area (Å²) in [6.07, 6.45) is 0.301. The van der Waals surface area contributed by atoms with Gasteiger partial charge in [-0.1, -0.05) is 24.3 Å². The average Bonchev–Trinajstić information content (AvgIpc) is 2.71. The number of carboxylic acid groups (broad SMARTS) is 1. The summed E-state index contributed by atoms with van der Waals surface area (Å²) in [5.41, 5.74) is 1.67. The van der Waals surface area contributed by atoms with Crippen molar-refractivity contribution in [2.45, 2.75) is 24.9 Å². The fourth-order valence-electron chi connectivity index (χ4n) is 2.24. The van der Waals surface area contributed by atoms with Crippen LogP contribution in [0, 0.1) is 0 Å². The van der Waals surface area contributed by atoms with Gasteiger partial charge >= 0.3 is 0 Å². The molecule has 0 bridgehead atoms. The first-order valence-corrected chi connectivity index (χ1v) is 7.43. The fourth-order valence-corrected chi connectivity index (χ4v) is 4.05. The van der Waals surface area contributed by atoms with E-state index in [1.807, 2.05) is 24.3 Å². The molecule has 17 heavy (non-hydrogen) atoms. The van der Waals surface area contributed by atoms with Crippen molar-refractivity contribution in [2.75, 3.05) is 6.16 Å². The summed E-state index contributed by atoms with van der Waals surface area (Å²) >= 11 is 0. The van der Waals surface area contributed by atoms with Gasteiger partial charge < -0.3 is 19.4 Å². The van der Waals surface area contributed by atoms with Gasteiger partial charge in [-0.3, -0.25) is 0 Å². The molecular formula is C12H13O4P-2. The topological polar surface area (TPSA) is 80.3 Å². The molecular weight excluding hydrogens is 239 g/mol. The Balaban J connectivity index is 2.06. The molecule has 0 radical (unpaired) electrons. The number of hydrogen-bond acceptors (Lipinski definition) is 4. The summed E-state index contributed by atoms with van der Waals surface area (Å²) < 4.78 is 11.9. The SMILES string of the molecule is O=C([O-])CCP(=O)([O-])C1Cc2ccccc2C1. The first-order chi connectivity index (χ1) is 7.99. The monoisotopic (exact) mass is 252 g/mol. The Kier molecular flexibility index (Phi) is 3.36. The van der Waals surface area contributed by atoms with Crippen LogP contribution in [0.5, 0.6) is 0 Å². The molecule has 1 atom stereocenters. The van der Waals surface area contributed by atoms with Gasteiger partial charge in [0, 0.05) is 19.0 Å². The van der Waals surface area contributed by atoms with Crippen molar-refractivity contribution in [1.29, 1.82) is 0 Å². The number of carbonyl (C=O) groups is 1. The van der Waals surface area contributed by atoms with Gasteiger partial charge in [-0.05, 0) is 36.6 Å². The van der Waals surface area contributed by atoms with Crippen molar-refractivity contribution >= 4 is 13.3 Å². The van der Waals surface area contributed by atoms with Crippen LogP contribution < -0.4 is 10.00 Å². The normalized spacial score (nSPS) is 18.6. The molecule has 0 saturated heterocycles. The molecule has 1 unspecified atom stereocenters. The highest BCUT2D eigenvalue weighted by Gasteiger charge is 2.28. The van der Waals surface area contributed by atoms with E-state index in [2.05, 4.69) is 0 Å². The van der Waals surface area contributed by atoms with E-state index in [1.165, 1.54) is 0 Å². The first-order valence-electron chi connectivity index (χ1n) is 5.55. The van der Waals surface area contributed by atoms with Crippen molar-refractivity contribution < 1.29 is 19.4 Å². The van der Waals surface area contributed by atoms with Gasteiger partial charge in [0.2, 0.25) is 0 Å². The number of fused-ring (bicyclic) bond motifs is 1. The predicted molar refractivity (Wildman–Crippen MR) is 59.7 cm³/mol. The smallest absolute Gasteiger partial charge is 0.0418 e. The van der Waals surface area contributed by atoms with E-state index in [0.29, 0.717) is 12.8 Å². The molecule has 0 amide bonds. The van der Waals surface area contributed by atoms with E-state index in [0.717, 1.165) is 11.1 Å². The van der Waals surface area contributed by atoms with Crippen LogP contribution in [-0.4, -0.2) is 17.8 Å². The summed E-state index contributed by atoms with van der Waals surface area (Å²) in [5.74, 6) is -1.31. The maximum absolute atomic E-state index is 11.9. The minimum Gasteiger partial charge on any atom is -0.799 e. The zero-order chi connectivity index (χ0) is 12.5. The highest BCUT2D eigenvalue weighted by atomic mass is 31.2. The number of carbonyl (C=O) groups excluding carboxylic acids is 1. The first kappa shape index (κ1) is 12.3. The highest BCUT2D eigenvalue weighted by Crippen LogP contribution is 2.48. The van der Waals surface area contributed by atoms with Gasteiger partial charge in [0.25, 0.3) is 0 Å². The minimum absolute atomic E-state index is 0.298. The third-order valence-corrected chi connectivity index (χ3v) is 5.54. The second-order valence-corrected chi connectivity index (χ2v) is 7.03. The van der Waals surface area contributed by atoms with Crippen molar-refractivity contribution in [3.05, 3.63) is 35.4 Å². The molecule has 1 aliphatic rings. The molecule has 0 saturated carbocycles. The van der Waals surface area contributed by atoms with Gasteiger partial charge in [0.05, 0.1) is 0 Å². The number of benzene rings is 1. The zero-order valence-electron chi connectivity index (χ0n) is 9.30. The highest BCUT2D eigenvalue weighted by molar-refractivity contribution is 7.57. The van der Waals surface area contributed by atoms with Gasteiger partial charge in [-0.25, -0.2) is 0 Å². The summed E-state index contributed by atoms with van der Waals surface area (Å²) in [4.78, 5) is 22.3. The molecule has 1 aromatic carbocycles. The van der Waals surface area contributed by atoms with Crippen LogP contribution in [0.15, 0.2) is 24.3 Å². The van der Waals surface area contributed by atoms with Gasteiger partial charge in [0.1, 0.15) is 0 Å². The maximum atomic E-state index is 11.9. The Hall–Kier alpha value is -1.12. The van der Waals surface area contributed by atoms with Crippen molar-refractivity contribution in [1.82, 2.24) is 0 Å². The van der Waals surface area contributed by atoms with Crippen LogP contribution in [-0.2, 0) is 22.2 Å². The molecule has 92 valence electrons. The van der Waals surface area contributed by atoms with Gasteiger partial charge in [0.15, 0.2) is 0 Å².